The van der Waals surface area contributed by atoms with Crippen LogP contribution in [-0.4, -0.2) is 52.1 Å². The van der Waals surface area contributed by atoms with E-state index in [9.17, 15) is 0 Å². The van der Waals surface area contributed by atoms with Crippen molar-refractivity contribution in [3.63, 3.8) is 0 Å². The molecule has 134 valence electrons. The second kappa shape index (κ2) is 10.3. The van der Waals surface area contributed by atoms with Crippen molar-refractivity contribution in [1.82, 2.24) is 0 Å². The van der Waals surface area contributed by atoms with Crippen LogP contribution < -0.4 is 0 Å². The van der Waals surface area contributed by atoms with E-state index in [1.54, 1.807) is 0 Å². The Morgan fingerprint density at radius 3 is 1.36 bits per heavy atom. The van der Waals surface area contributed by atoms with Crippen molar-refractivity contribution in [2.24, 2.45) is 0 Å². The Hall–Kier alpha value is 0.451. The summed E-state index contributed by atoms with van der Waals surface area (Å²) in [5.41, 5.74) is 0. The van der Waals surface area contributed by atoms with Gasteiger partial charge in [-0.2, -0.15) is 0 Å². The molecule has 0 aliphatic carbocycles. The van der Waals surface area contributed by atoms with Crippen LogP contribution in [0, 0.1) is 0 Å². The molecule has 0 N–H and O–H groups in total. The highest BCUT2D eigenvalue weighted by Crippen LogP contribution is 2.27. The Morgan fingerprint density at radius 2 is 1.00 bits per heavy atom. The molecule has 0 heterocycles. The van der Waals surface area contributed by atoms with Gasteiger partial charge in [0.05, 0.1) is 0 Å². The van der Waals surface area contributed by atoms with Gasteiger partial charge in [-0.15, -0.1) is 0 Å². The van der Waals surface area contributed by atoms with Crippen molar-refractivity contribution >= 4 is 25.7 Å². The molecule has 8 heteroatoms. The molecule has 0 aliphatic rings. The summed E-state index contributed by atoms with van der Waals surface area (Å²) in [6, 6.07) is 1.78. The summed E-state index contributed by atoms with van der Waals surface area (Å²) in [5.74, 6) is 0. The molecule has 22 heavy (non-hydrogen) atoms. The molecule has 0 radical (unpaired) electrons. The molecule has 0 spiro atoms. The molecule has 0 rings (SSSR count). The predicted octanol–water partition coefficient (Wildman–Crippen LogP) is 3.99. The molecule has 0 amide bonds. The minimum atomic E-state index is -2.57. The average Bonchev–Trinajstić information content (AvgIpc) is 2.36. The molecule has 0 saturated heterocycles. The fraction of sp³-hybridized carbons (Fsp3) is 1.00. The molecular formula is C14H36O5Si3. The van der Waals surface area contributed by atoms with E-state index in [0.717, 1.165) is 12.1 Å². The van der Waals surface area contributed by atoms with Crippen molar-refractivity contribution in [3.8, 4) is 0 Å². The third-order valence-electron chi connectivity index (χ3n) is 3.14. The molecule has 0 aromatic rings. The van der Waals surface area contributed by atoms with Crippen LogP contribution in [0.5, 0.6) is 0 Å². The van der Waals surface area contributed by atoms with Crippen molar-refractivity contribution in [3.05, 3.63) is 0 Å². The van der Waals surface area contributed by atoms with Gasteiger partial charge < -0.3 is 21.8 Å². The standard InChI is InChI=1S/C14H36O5Si3/c1-9-15-21(7,8)19-20(5,6)13-14-22(16-10-2,17-11-3)18-12-4/h9-14H2,1-8H3. The maximum absolute atomic E-state index is 6.41. The van der Waals surface area contributed by atoms with Gasteiger partial charge in [-0.3, -0.25) is 0 Å². The molecule has 0 saturated carbocycles. The van der Waals surface area contributed by atoms with Crippen molar-refractivity contribution in [2.75, 3.05) is 26.4 Å². The molecule has 0 fully saturated rings. The first-order valence-electron chi connectivity index (χ1n) is 8.41. The Labute approximate surface area is 140 Å². The molecule has 0 bridgehead atoms. The van der Waals surface area contributed by atoms with Crippen LogP contribution in [0.15, 0.2) is 0 Å². The van der Waals surface area contributed by atoms with Crippen molar-refractivity contribution in [1.29, 1.82) is 0 Å². The van der Waals surface area contributed by atoms with E-state index in [2.05, 4.69) is 26.2 Å². The first-order chi connectivity index (χ1) is 10.2. The fourth-order valence-electron chi connectivity index (χ4n) is 2.55. The summed E-state index contributed by atoms with van der Waals surface area (Å²) < 4.78 is 30.0. The monoisotopic (exact) mass is 368 g/mol. The van der Waals surface area contributed by atoms with Gasteiger partial charge in [0.15, 0.2) is 8.32 Å². The van der Waals surface area contributed by atoms with Crippen LogP contribution >= 0.6 is 0 Å². The van der Waals surface area contributed by atoms with Gasteiger partial charge in [0.2, 0.25) is 0 Å². The maximum atomic E-state index is 6.41. The Kier molecular flexibility index (Phi) is 10.6. The zero-order valence-corrected chi connectivity index (χ0v) is 18.8. The third kappa shape index (κ3) is 8.92. The van der Waals surface area contributed by atoms with E-state index < -0.39 is 25.7 Å². The van der Waals surface area contributed by atoms with Crippen molar-refractivity contribution < 1.29 is 21.8 Å². The van der Waals surface area contributed by atoms with Gasteiger partial charge in [0.25, 0.3) is 0 Å². The average molecular weight is 369 g/mol. The largest absolute Gasteiger partial charge is 0.500 e. The summed E-state index contributed by atoms with van der Waals surface area (Å²) in [4.78, 5) is 0. The predicted molar refractivity (Wildman–Crippen MR) is 97.9 cm³/mol. The highest BCUT2D eigenvalue weighted by molar-refractivity contribution is 6.83. The van der Waals surface area contributed by atoms with Crippen LogP contribution in [0.25, 0.3) is 0 Å². The second-order valence-electron chi connectivity index (χ2n) is 6.18. The molecule has 5 nitrogen and oxygen atoms in total. The second-order valence-corrected chi connectivity index (χ2v) is 16.8. The number of hydrogen-bond acceptors (Lipinski definition) is 5. The summed E-state index contributed by atoms with van der Waals surface area (Å²) in [7, 11) is -6.45. The van der Waals surface area contributed by atoms with E-state index in [0.29, 0.717) is 26.4 Å². The lowest BCUT2D eigenvalue weighted by molar-refractivity contribution is 0.0722. The van der Waals surface area contributed by atoms with Gasteiger partial charge in [-0.25, -0.2) is 0 Å². The summed E-state index contributed by atoms with van der Waals surface area (Å²) in [5, 5.41) is 0. The van der Waals surface area contributed by atoms with E-state index in [4.69, 9.17) is 21.8 Å². The zero-order valence-electron chi connectivity index (χ0n) is 15.8. The highest BCUT2D eigenvalue weighted by atomic mass is 28.4. The Balaban J connectivity index is 4.79. The van der Waals surface area contributed by atoms with Gasteiger partial charge in [-0.05, 0) is 59.9 Å². The minimum absolute atomic E-state index is 0.619. The lowest BCUT2D eigenvalue weighted by atomic mass is 10.9. The smallest absolute Gasteiger partial charge is 0.436 e. The normalized spacial score (nSPS) is 13.6. The fourth-order valence-corrected chi connectivity index (χ4v) is 14.8. The van der Waals surface area contributed by atoms with Gasteiger partial charge in [-0.1, -0.05) is 0 Å². The SMILES string of the molecule is CCO[Si](C)(C)O[Si](C)(C)CC[Si](OCC)(OCC)OCC. The summed E-state index contributed by atoms with van der Waals surface area (Å²) in [6.07, 6.45) is 0. The lowest BCUT2D eigenvalue weighted by Gasteiger charge is -2.35. The number of rotatable bonds is 13. The van der Waals surface area contributed by atoms with Gasteiger partial charge in [0, 0.05) is 32.5 Å². The highest BCUT2D eigenvalue weighted by Gasteiger charge is 2.44. The van der Waals surface area contributed by atoms with E-state index in [1.807, 2.05) is 27.7 Å². The Bertz CT molecular complexity index is 283. The molecule has 0 aromatic carbocycles. The van der Waals surface area contributed by atoms with E-state index in [1.165, 1.54) is 0 Å². The van der Waals surface area contributed by atoms with Crippen LogP contribution in [0.1, 0.15) is 27.7 Å². The molecule has 0 aromatic heterocycles. The molecule has 0 aliphatic heterocycles. The Morgan fingerprint density at radius 1 is 0.591 bits per heavy atom. The quantitative estimate of drug-likeness (QED) is 0.460. The van der Waals surface area contributed by atoms with Crippen molar-refractivity contribution in [2.45, 2.75) is 66.0 Å². The van der Waals surface area contributed by atoms with E-state index in [-0.39, 0.29) is 0 Å². The van der Waals surface area contributed by atoms with Gasteiger partial charge >= 0.3 is 17.4 Å². The minimum Gasteiger partial charge on any atom is -0.436 e. The third-order valence-corrected chi connectivity index (χ3v) is 13.3. The first-order valence-corrected chi connectivity index (χ1v) is 16.3. The topological polar surface area (TPSA) is 46.2 Å². The summed E-state index contributed by atoms with van der Waals surface area (Å²) in [6.45, 7) is 19.3. The van der Waals surface area contributed by atoms with Gasteiger partial charge in [0.1, 0.15) is 0 Å². The van der Waals surface area contributed by atoms with Crippen LogP contribution in [0.2, 0.25) is 38.3 Å². The number of hydrogen-bond donors (Lipinski definition) is 0. The summed E-state index contributed by atoms with van der Waals surface area (Å²) >= 11 is 0. The maximum Gasteiger partial charge on any atom is 0.500 e. The lowest BCUT2D eigenvalue weighted by Crippen LogP contribution is -2.50. The molecule has 0 unspecified atom stereocenters. The van der Waals surface area contributed by atoms with Crippen LogP contribution in [-0.2, 0) is 21.8 Å². The van der Waals surface area contributed by atoms with Crippen LogP contribution in [0.3, 0.4) is 0 Å². The zero-order chi connectivity index (χ0) is 17.3. The molecular weight excluding hydrogens is 332 g/mol. The molecule has 0 atom stereocenters. The van der Waals surface area contributed by atoms with E-state index >= 15 is 0 Å². The van der Waals surface area contributed by atoms with Crippen LogP contribution in [0.4, 0.5) is 0 Å². The first kappa shape index (κ1) is 22.5.